The van der Waals surface area contributed by atoms with E-state index in [0.717, 1.165) is 42.0 Å². The van der Waals surface area contributed by atoms with E-state index in [1.165, 1.54) is 25.3 Å². The molecule has 0 unspecified atom stereocenters. The van der Waals surface area contributed by atoms with Gasteiger partial charge in [0, 0.05) is 29.4 Å². The van der Waals surface area contributed by atoms with E-state index in [4.69, 9.17) is 16.6 Å². The van der Waals surface area contributed by atoms with E-state index in [0.29, 0.717) is 29.6 Å². The lowest BCUT2D eigenvalue weighted by atomic mass is 9.98. The Labute approximate surface area is 190 Å². The van der Waals surface area contributed by atoms with Crippen molar-refractivity contribution >= 4 is 33.9 Å². The molecule has 0 saturated carbocycles. The van der Waals surface area contributed by atoms with E-state index >= 15 is 0 Å². The number of rotatable bonds is 5. The van der Waals surface area contributed by atoms with Gasteiger partial charge in [-0.3, -0.25) is 9.98 Å². The third kappa shape index (κ3) is 4.30. The van der Waals surface area contributed by atoms with Crippen LogP contribution in [0.4, 0.5) is 8.78 Å². The summed E-state index contributed by atoms with van der Waals surface area (Å²) in [5.41, 5.74) is 4.76. The summed E-state index contributed by atoms with van der Waals surface area (Å²) in [6, 6.07) is 8.49. The molecule has 1 aromatic carbocycles. The largest absolute Gasteiger partial charge is 0.314 e. The summed E-state index contributed by atoms with van der Waals surface area (Å²) in [6.07, 6.45) is 9.62. The van der Waals surface area contributed by atoms with E-state index in [1.807, 2.05) is 24.4 Å². The molecule has 1 N–H and O–H groups in total. The van der Waals surface area contributed by atoms with Crippen molar-refractivity contribution in [3.05, 3.63) is 76.1 Å². The zero-order chi connectivity index (χ0) is 22.1. The quantitative estimate of drug-likeness (QED) is 0.518. The Morgan fingerprint density at radius 3 is 2.81 bits per heavy atom. The van der Waals surface area contributed by atoms with Gasteiger partial charge in [0.05, 0.1) is 34.0 Å². The van der Waals surface area contributed by atoms with Crippen LogP contribution in [0, 0.1) is 11.6 Å². The minimum Gasteiger partial charge on any atom is -0.314 e. The van der Waals surface area contributed by atoms with Gasteiger partial charge in [-0.1, -0.05) is 24.1 Å². The summed E-state index contributed by atoms with van der Waals surface area (Å²) in [7, 11) is 0. The van der Waals surface area contributed by atoms with Gasteiger partial charge >= 0.3 is 0 Å². The molecule has 1 fully saturated rings. The SMILES string of the molecule is Fc1cc(F)c(C2=NCC=C2c2ccc3ncc(CC[C@@H]4CCCCN4)cc3n2)cc1Cl. The number of halogens is 3. The van der Waals surface area contributed by atoms with Crippen LogP contribution in [0.5, 0.6) is 0 Å². The van der Waals surface area contributed by atoms with E-state index in [9.17, 15) is 8.78 Å². The summed E-state index contributed by atoms with van der Waals surface area (Å²) in [5.74, 6) is -1.48. The Morgan fingerprint density at radius 2 is 1.97 bits per heavy atom. The number of pyridine rings is 2. The first kappa shape index (κ1) is 21.2. The van der Waals surface area contributed by atoms with Crippen molar-refractivity contribution in [1.29, 1.82) is 0 Å². The number of fused-ring (bicyclic) bond motifs is 1. The monoisotopic (exact) mass is 452 g/mol. The Kier molecular flexibility index (Phi) is 5.98. The first-order chi connectivity index (χ1) is 15.6. The van der Waals surface area contributed by atoms with Crippen LogP contribution in [0.15, 0.2) is 47.6 Å². The minimum atomic E-state index is -0.789. The molecule has 164 valence electrons. The van der Waals surface area contributed by atoms with Crippen molar-refractivity contribution in [2.45, 2.75) is 38.1 Å². The second-order valence-electron chi connectivity index (χ2n) is 8.32. The highest BCUT2D eigenvalue weighted by Crippen LogP contribution is 2.29. The van der Waals surface area contributed by atoms with Gasteiger partial charge < -0.3 is 5.32 Å². The number of aryl methyl sites for hydroxylation is 1. The molecular formula is C25H23ClF2N4. The number of hydrogen-bond donors (Lipinski definition) is 1. The van der Waals surface area contributed by atoms with Gasteiger partial charge in [0.2, 0.25) is 0 Å². The Morgan fingerprint density at radius 1 is 1.06 bits per heavy atom. The zero-order valence-electron chi connectivity index (χ0n) is 17.5. The molecule has 7 heteroatoms. The Bertz CT molecular complexity index is 1230. The fourth-order valence-corrected chi connectivity index (χ4v) is 4.58. The lowest BCUT2D eigenvalue weighted by Gasteiger charge is -2.23. The van der Waals surface area contributed by atoms with E-state index < -0.39 is 11.6 Å². The maximum atomic E-state index is 14.5. The molecule has 1 saturated heterocycles. The van der Waals surface area contributed by atoms with Crippen molar-refractivity contribution < 1.29 is 8.78 Å². The van der Waals surface area contributed by atoms with Gasteiger partial charge in [-0.15, -0.1) is 0 Å². The molecule has 0 bridgehead atoms. The fourth-order valence-electron chi connectivity index (χ4n) is 4.42. The zero-order valence-corrected chi connectivity index (χ0v) is 18.3. The molecule has 2 aliphatic rings. The van der Waals surface area contributed by atoms with Crippen molar-refractivity contribution in [2.75, 3.05) is 13.1 Å². The van der Waals surface area contributed by atoms with Gasteiger partial charge in [-0.05, 0) is 62.1 Å². The molecule has 0 aliphatic carbocycles. The van der Waals surface area contributed by atoms with Gasteiger partial charge in [-0.25, -0.2) is 13.8 Å². The van der Waals surface area contributed by atoms with Crippen LogP contribution in [-0.4, -0.2) is 34.8 Å². The van der Waals surface area contributed by atoms with Crippen molar-refractivity contribution in [1.82, 2.24) is 15.3 Å². The first-order valence-corrected chi connectivity index (χ1v) is 11.4. The number of allylic oxidation sites excluding steroid dienone is 1. The average Bonchev–Trinajstić information content (AvgIpc) is 3.30. The summed E-state index contributed by atoms with van der Waals surface area (Å²) in [4.78, 5) is 13.8. The van der Waals surface area contributed by atoms with Gasteiger partial charge in [-0.2, -0.15) is 0 Å². The minimum absolute atomic E-state index is 0.136. The van der Waals surface area contributed by atoms with Crippen molar-refractivity contribution in [2.24, 2.45) is 4.99 Å². The van der Waals surface area contributed by atoms with Gasteiger partial charge in [0.1, 0.15) is 11.6 Å². The highest BCUT2D eigenvalue weighted by Gasteiger charge is 2.22. The number of aromatic nitrogens is 2. The summed E-state index contributed by atoms with van der Waals surface area (Å²) >= 11 is 5.89. The molecule has 0 amide bonds. The number of hydrogen-bond acceptors (Lipinski definition) is 4. The Hall–Kier alpha value is -2.70. The van der Waals surface area contributed by atoms with Crippen LogP contribution in [-0.2, 0) is 6.42 Å². The number of nitrogens with zero attached hydrogens (tertiary/aromatic N) is 3. The maximum absolute atomic E-state index is 14.5. The molecular weight excluding hydrogens is 430 g/mol. The summed E-state index contributed by atoms with van der Waals surface area (Å²) in [6.45, 7) is 1.51. The van der Waals surface area contributed by atoms with Gasteiger partial charge in [0.25, 0.3) is 0 Å². The smallest absolute Gasteiger partial charge is 0.144 e. The predicted molar refractivity (Wildman–Crippen MR) is 124 cm³/mol. The molecule has 4 heterocycles. The molecule has 2 aromatic heterocycles. The molecule has 1 atom stereocenters. The molecule has 5 rings (SSSR count). The van der Waals surface area contributed by atoms with Crippen LogP contribution in [0.25, 0.3) is 16.6 Å². The van der Waals surface area contributed by atoms with Crippen LogP contribution < -0.4 is 5.32 Å². The second-order valence-corrected chi connectivity index (χ2v) is 8.72. The van der Waals surface area contributed by atoms with Crippen LogP contribution in [0.1, 0.15) is 42.5 Å². The van der Waals surface area contributed by atoms with Crippen LogP contribution >= 0.6 is 11.6 Å². The van der Waals surface area contributed by atoms with Gasteiger partial charge in [0.15, 0.2) is 0 Å². The first-order valence-electron chi connectivity index (χ1n) is 11.0. The highest BCUT2D eigenvalue weighted by molar-refractivity contribution is 6.35. The summed E-state index contributed by atoms with van der Waals surface area (Å²) in [5, 5.41) is 3.45. The number of aliphatic imine (C=N–C) groups is 1. The van der Waals surface area contributed by atoms with E-state index in [2.05, 4.69) is 21.4 Å². The van der Waals surface area contributed by atoms with Crippen LogP contribution in [0.2, 0.25) is 5.02 Å². The second kappa shape index (κ2) is 9.04. The molecule has 32 heavy (non-hydrogen) atoms. The maximum Gasteiger partial charge on any atom is 0.144 e. The molecule has 3 aromatic rings. The predicted octanol–water partition coefficient (Wildman–Crippen LogP) is 5.52. The standard InChI is InChI=1S/C25H23ClF2N4/c26-19-12-18(20(27)13-21(19)28)25-17(8-10-30-25)22-6-7-23-24(32-22)11-15(14-31-23)4-5-16-3-1-2-9-29-16/h6-8,11-14,16,29H,1-5,9-10H2/t16-/m0/s1. The number of piperidine rings is 1. The fraction of sp³-hybridized carbons (Fsp3) is 0.320. The lowest BCUT2D eigenvalue weighted by molar-refractivity contribution is 0.383. The highest BCUT2D eigenvalue weighted by atomic mass is 35.5. The molecule has 4 nitrogen and oxygen atoms in total. The van der Waals surface area contributed by atoms with Crippen LogP contribution in [0.3, 0.4) is 0 Å². The van der Waals surface area contributed by atoms with Crippen molar-refractivity contribution in [3.8, 4) is 0 Å². The molecule has 0 radical (unpaired) electrons. The Balaban J connectivity index is 1.41. The van der Waals surface area contributed by atoms with Crippen molar-refractivity contribution in [3.63, 3.8) is 0 Å². The normalized spacial score (nSPS) is 18.7. The third-order valence-corrected chi connectivity index (χ3v) is 6.42. The van der Waals surface area contributed by atoms with E-state index in [-0.39, 0.29) is 10.6 Å². The molecule has 2 aliphatic heterocycles. The molecule has 0 spiro atoms. The van der Waals surface area contributed by atoms with E-state index in [1.54, 1.807) is 0 Å². The summed E-state index contributed by atoms with van der Waals surface area (Å²) < 4.78 is 28.1. The third-order valence-electron chi connectivity index (χ3n) is 6.13. The lowest BCUT2D eigenvalue weighted by Crippen LogP contribution is -2.34. The topological polar surface area (TPSA) is 50.2 Å². The number of benzene rings is 1. The number of nitrogens with one attached hydrogen (secondary N) is 1. The average molecular weight is 453 g/mol.